The monoisotopic (exact) mass is 256 g/mol. The lowest BCUT2D eigenvalue weighted by atomic mass is 10.1. The van der Waals surface area contributed by atoms with Crippen molar-refractivity contribution in [1.82, 2.24) is 9.97 Å². The Balaban J connectivity index is 0.000000686. The third-order valence-corrected chi connectivity index (χ3v) is 2.06. The summed E-state index contributed by atoms with van der Waals surface area (Å²) in [5.74, 6) is -1.80. The molecule has 0 N–H and O–H groups in total. The molecule has 90 valence electrons. The van der Waals surface area contributed by atoms with E-state index in [-0.39, 0.29) is 5.15 Å². The van der Waals surface area contributed by atoms with Crippen LogP contribution in [0, 0.1) is 11.6 Å². The van der Waals surface area contributed by atoms with Crippen molar-refractivity contribution in [1.29, 1.82) is 0 Å². The van der Waals surface area contributed by atoms with Crippen LogP contribution in [0.4, 0.5) is 8.78 Å². The number of hydrogen-bond donors (Lipinski definition) is 0. The van der Waals surface area contributed by atoms with Crippen LogP contribution < -0.4 is 0 Å². The Morgan fingerprint density at radius 3 is 2.29 bits per heavy atom. The molecule has 1 aromatic carbocycles. The highest BCUT2D eigenvalue weighted by molar-refractivity contribution is 6.29. The zero-order valence-electron chi connectivity index (χ0n) is 9.42. The Morgan fingerprint density at radius 1 is 1.00 bits per heavy atom. The molecule has 0 bridgehead atoms. The first-order valence-corrected chi connectivity index (χ1v) is 5.47. The van der Waals surface area contributed by atoms with Crippen molar-refractivity contribution >= 4 is 11.6 Å². The molecule has 0 aliphatic carbocycles. The summed E-state index contributed by atoms with van der Waals surface area (Å²) in [5, 5.41) is 0.254. The van der Waals surface area contributed by atoms with Crippen LogP contribution in [0.15, 0.2) is 30.6 Å². The second-order valence-corrected chi connectivity index (χ2v) is 3.24. The lowest BCUT2D eigenvalue weighted by molar-refractivity contribution is 0.509. The van der Waals surface area contributed by atoms with E-state index in [1.807, 2.05) is 13.8 Å². The van der Waals surface area contributed by atoms with Crippen molar-refractivity contribution in [3.63, 3.8) is 0 Å². The van der Waals surface area contributed by atoms with Gasteiger partial charge in [0.25, 0.3) is 0 Å². The average Bonchev–Trinajstić information content (AvgIpc) is 2.35. The van der Waals surface area contributed by atoms with E-state index in [0.29, 0.717) is 11.3 Å². The van der Waals surface area contributed by atoms with Crippen molar-refractivity contribution in [2.24, 2.45) is 0 Å². The highest BCUT2D eigenvalue weighted by Gasteiger charge is 2.05. The number of aromatic nitrogens is 2. The van der Waals surface area contributed by atoms with Gasteiger partial charge in [-0.25, -0.2) is 18.7 Å². The van der Waals surface area contributed by atoms with E-state index in [1.165, 1.54) is 18.5 Å². The summed E-state index contributed by atoms with van der Waals surface area (Å²) in [6.07, 6.45) is 1.26. The van der Waals surface area contributed by atoms with E-state index in [4.69, 9.17) is 11.6 Å². The van der Waals surface area contributed by atoms with Crippen LogP contribution in [0.2, 0.25) is 5.15 Å². The van der Waals surface area contributed by atoms with Gasteiger partial charge in [-0.2, -0.15) is 0 Å². The first kappa shape index (κ1) is 13.5. The predicted octanol–water partition coefficient (Wildman–Crippen LogP) is 4.10. The van der Waals surface area contributed by atoms with E-state index in [0.717, 1.165) is 12.1 Å². The third-order valence-electron chi connectivity index (χ3n) is 1.85. The first-order chi connectivity index (χ1) is 8.16. The van der Waals surface area contributed by atoms with Gasteiger partial charge in [-0.1, -0.05) is 25.4 Å². The zero-order valence-corrected chi connectivity index (χ0v) is 10.2. The molecule has 0 atom stereocenters. The Labute approximate surface area is 103 Å². The van der Waals surface area contributed by atoms with Gasteiger partial charge in [0.2, 0.25) is 0 Å². The van der Waals surface area contributed by atoms with E-state index in [2.05, 4.69) is 9.97 Å². The molecule has 0 unspecified atom stereocenters. The predicted molar refractivity (Wildman–Crippen MR) is 63.7 cm³/mol. The van der Waals surface area contributed by atoms with Gasteiger partial charge in [-0.15, -0.1) is 0 Å². The van der Waals surface area contributed by atoms with Gasteiger partial charge in [0.1, 0.15) is 11.5 Å². The number of hydrogen-bond acceptors (Lipinski definition) is 2. The minimum atomic E-state index is -0.915. The van der Waals surface area contributed by atoms with E-state index < -0.39 is 11.6 Å². The Bertz CT molecular complexity index is 504. The maximum absolute atomic E-state index is 12.9. The molecule has 17 heavy (non-hydrogen) atoms. The van der Waals surface area contributed by atoms with Gasteiger partial charge < -0.3 is 0 Å². The van der Waals surface area contributed by atoms with Gasteiger partial charge in [-0.3, -0.25) is 0 Å². The van der Waals surface area contributed by atoms with Crippen molar-refractivity contribution in [3.05, 3.63) is 47.4 Å². The normalized spacial score (nSPS) is 9.47. The quantitative estimate of drug-likeness (QED) is 0.718. The number of halogens is 3. The van der Waals surface area contributed by atoms with Crippen LogP contribution in [-0.2, 0) is 0 Å². The van der Waals surface area contributed by atoms with Gasteiger partial charge in [0, 0.05) is 11.6 Å². The summed E-state index contributed by atoms with van der Waals surface area (Å²) in [6, 6.07) is 5.01. The molecule has 0 aliphatic heterocycles. The van der Waals surface area contributed by atoms with Gasteiger partial charge >= 0.3 is 0 Å². The second kappa shape index (κ2) is 6.25. The molecular weight excluding hydrogens is 246 g/mol. The molecule has 2 aromatic rings. The molecule has 1 aromatic heterocycles. The zero-order chi connectivity index (χ0) is 12.8. The van der Waals surface area contributed by atoms with Gasteiger partial charge in [-0.05, 0) is 18.2 Å². The maximum Gasteiger partial charge on any atom is 0.159 e. The summed E-state index contributed by atoms with van der Waals surface area (Å²) < 4.78 is 25.6. The molecule has 0 radical (unpaired) electrons. The Morgan fingerprint density at radius 2 is 1.71 bits per heavy atom. The minimum Gasteiger partial charge on any atom is -0.236 e. The van der Waals surface area contributed by atoms with Crippen molar-refractivity contribution < 1.29 is 8.78 Å². The van der Waals surface area contributed by atoms with Crippen LogP contribution in [0.3, 0.4) is 0 Å². The summed E-state index contributed by atoms with van der Waals surface area (Å²) in [5.41, 5.74) is 0.909. The number of benzene rings is 1. The highest BCUT2D eigenvalue weighted by atomic mass is 35.5. The highest BCUT2D eigenvalue weighted by Crippen LogP contribution is 2.20. The van der Waals surface area contributed by atoms with Crippen LogP contribution in [0.1, 0.15) is 13.8 Å². The summed E-state index contributed by atoms with van der Waals surface area (Å²) in [7, 11) is 0. The van der Waals surface area contributed by atoms with Crippen LogP contribution in [-0.4, -0.2) is 9.97 Å². The first-order valence-electron chi connectivity index (χ1n) is 5.10. The molecule has 2 rings (SSSR count). The molecule has 0 saturated carbocycles. The fourth-order valence-electron chi connectivity index (χ4n) is 1.15. The van der Waals surface area contributed by atoms with Gasteiger partial charge in [0.05, 0.1) is 5.69 Å². The molecule has 0 amide bonds. The molecular formula is C12H11ClF2N2. The smallest absolute Gasteiger partial charge is 0.159 e. The minimum absolute atomic E-state index is 0.254. The topological polar surface area (TPSA) is 25.8 Å². The largest absolute Gasteiger partial charge is 0.236 e. The van der Waals surface area contributed by atoms with Crippen LogP contribution in [0.5, 0.6) is 0 Å². The SMILES string of the molecule is CC.Fc1ccc(-c2cc(Cl)ncn2)cc1F. The van der Waals surface area contributed by atoms with Crippen molar-refractivity contribution in [2.75, 3.05) is 0 Å². The summed E-state index contributed by atoms with van der Waals surface area (Å²) in [4.78, 5) is 7.59. The fourth-order valence-corrected chi connectivity index (χ4v) is 1.29. The standard InChI is InChI=1S/C10H5ClF2N2.C2H6/c11-10-4-9(14-5-15-10)6-1-2-7(12)8(13)3-6;1-2/h1-5H;1-2H3. The van der Waals surface area contributed by atoms with Crippen molar-refractivity contribution in [2.45, 2.75) is 13.8 Å². The molecule has 0 saturated heterocycles. The third kappa shape index (κ3) is 3.46. The molecule has 0 spiro atoms. The van der Waals surface area contributed by atoms with Crippen LogP contribution >= 0.6 is 11.6 Å². The molecule has 5 heteroatoms. The second-order valence-electron chi connectivity index (χ2n) is 2.85. The maximum atomic E-state index is 12.9. The number of rotatable bonds is 1. The van der Waals surface area contributed by atoms with Crippen LogP contribution in [0.25, 0.3) is 11.3 Å². The lowest BCUT2D eigenvalue weighted by Crippen LogP contribution is -1.88. The average molecular weight is 257 g/mol. The van der Waals surface area contributed by atoms with E-state index >= 15 is 0 Å². The Hall–Kier alpha value is -1.55. The molecule has 0 fully saturated rings. The number of nitrogens with zero attached hydrogens (tertiary/aromatic N) is 2. The fraction of sp³-hybridized carbons (Fsp3) is 0.167. The van der Waals surface area contributed by atoms with Gasteiger partial charge in [0.15, 0.2) is 11.6 Å². The Kier molecular flexibility index (Phi) is 4.97. The van der Waals surface area contributed by atoms with Crippen molar-refractivity contribution in [3.8, 4) is 11.3 Å². The molecule has 0 aliphatic rings. The lowest BCUT2D eigenvalue weighted by Gasteiger charge is -2.01. The van der Waals surface area contributed by atoms with E-state index in [9.17, 15) is 8.78 Å². The van der Waals surface area contributed by atoms with E-state index in [1.54, 1.807) is 0 Å². The molecule has 1 heterocycles. The summed E-state index contributed by atoms with van der Waals surface area (Å²) >= 11 is 5.65. The molecule has 2 nitrogen and oxygen atoms in total. The summed E-state index contributed by atoms with van der Waals surface area (Å²) in [6.45, 7) is 4.00.